The Balaban J connectivity index is 1.54. The molecule has 1 aliphatic heterocycles. The molecule has 5 rings (SSSR count). The van der Waals surface area contributed by atoms with Crippen molar-refractivity contribution in [3.8, 4) is 16.9 Å². The summed E-state index contributed by atoms with van der Waals surface area (Å²) in [6, 6.07) is 13.5. The van der Waals surface area contributed by atoms with Crippen LogP contribution in [-0.2, 0) is 4.74 Å². The molecule has 1 aliphatic rings. The third-order valence-corrected chi connectivity index (χ3v) is 6.06. The van der Waals surface area contributed by atoms with Gasteiger partial charge >= 0.3 is 6.09 Å². The number of aromatic nitrogens is 4. The molecule has 0 atom stereocenters. The molecule has 0 saturated carbocycles. The van der Waals surface area contributed by atoms with E-state index in [1.165, 1.54) is 0 Å². The molecule has 0 aliphatic carbocycles. The van der Waals surface area contributed by atoms with Gasteiger partial charge in [-0.1, -0.05) is 23.7 Å². The van der Waals surface area contributed by atoms with Gasteiger partial charge in [0.15, 0.2) is 5.65 Å². The van der Waals surface area contributed by atoms with Crippen molar-refractivity contribution < 1.29 is 9.53 Å². The zero-order valence-corrected chi connectivity index (χ0v) is 20.7. The number of rotatable bonds is 3. The molecule has 0 N–H and O–H groups in total. The summed E-state index contributed by atoms with van der Waals surface area (Å²) in [4.78, 5) is 30.4. The third kappa shape index (κ3) is 4.79. The van der Waals surface area contributed by atoms with E-state index in [-0.39, 0.29) is 6.09 Å². The zero-order valence-electron chi connectivity index (χ0n) is 20.0. The quantitative estimate of drug-likeness (QED) is 0.393. The van der Waals surface area contributed by atoms with Gasteiger partial charge in [0.2, 0.25) is 0 Å². The highest BCUT2D eigenvalue weighted by atomic mass is 35.5. The van der Waals surface area contributed by atoms with Gasteiger partial charge in [0, 0.05) is 54.8 Å². The van der Waals surface area contributed by atoms with Crippen molar-refractivity contribution in [3.05, 3.63) is 66.2 Å². The number of carbonyl (C=O) groups excluding carboxylic acids is 1. The SMILES string of the molecule is CC(C)(C)OC(=O)N1CCN(c2ncnc3c2c(-c2ccccn2)cn3-c2cccc(Cl)c2)CC1. The largest absolute Gasteiger partial charge is 0.444 e. The number of hydrogen-bond donors (Lipinski definition) is 0. The van der Waals surface area contributed by atoms with E-state index < -0.39 is 5.60 Å². The lowest BCUT2D eigenvalue weighted by atomic mass is 10.1. The van der Waals surface area contributed by atoms with Gasteiger partial charge in [-0.15, -0.1) is 0 Å². The first-order chi connectivity index (χ1) is 16.8. The second kappa shape index (κ2) is 9.19. The van der Waals surface area contributed by atoms with Crippen LogP contribution < -0.4 is 4.90 Å². The van der Waals surface area contributed by atoms with Crippen molar-refractivity contribution >= 4 is 34.5 Å². The molecule has 180 valence electrons. The molecular weight excluding hydrogens is 464 g/mol. The molecule has 9 heteroatoms. The number of carbonyl (C=O) groups is 1. The van der Waals surface area contributed by atoms with Crippen molar-refractivity contribution in [1.29, 1.82) is 0 Å². The van der Waals surface area contributed by atoms with Gasteiger partial charge in [0.1, 0.15) is 17.7 Å². The molecule has 8 nitrogen and oxygen atoms in total. The minimum atomic E-state index is -0.520. The summed E-state index contributed by atoms with van der Waals surface area (Å²) in [7, 11) is 0. The second-order valence-corrected chi connectivity index (χ2v) is 9.89. The van der Waals surface area contributed by atoms with Crippen LogP contribution >= 0.6 is 11.6 Å². The lowest BCUT2D eigenvalue weighted by Crippen LogP contribution is -2.50. The summed E-state index contributed by atoms with van der Waals surface area (Å²) in [6.07, 6.45) is 5.11. The predicted molar refractivity (Wildman–Crippen MR) is 137 cm³/mol. The number of halogens is 1. The van der Waals surface area contributed by atoms with Crippen LogP contribution in [-0.4, -0.2) is 62.3 Å². The molecule has 0 bridgehead atoms. The van der Waals surface area contributed by atoms with Crippen LogP contribution in [0.4, 0.5) is 10.6 Å². The van der Waals surface area contributed by atoms with Gasteiger partial charge in [-0.3, -0.25) is 4.98 Å². The Labute approximate surface area is 209 Å². The fourth-order valence-corrected chi connectivity index (χ4v) is 4.44. The highest BCUT2D eigenvalue weighted by Crippen LogP contribution is 2.36. The summed E-state index contributed by atoms with van der Waals surface area (Å²) in [5.74, 6) is 0.820. The normalized spacial score (nSPS) is 14.4. The maximum absolute atomic E-state index is 12.5. The highest BCUT2D eigenvalue weighted by molar-refractivity contribution is 6.30. The summed E-state index contributed by atoms with van der Waals surface area (Å²) in [6.45, 7) is 8.00. The molecule has 1 amide bonds. The zero-order chi connectivity index (χ0) is 24.6. The van der Waals surface area contributed by atoms with Crippen LogP contribution in [0.2, 0.25) is 5.02 Å². The van der Waals surface area contributed by atoms with Gasteiger partial charge in [0.05, 0.1) is 11.1 Å². The average Bonchev–Trinajstić information content (AvgIpc) is 3.24. The Morgan fingerprint density at radius 3 is 2.49 bits per heavy atom. The monoisotopic (exact) mass is 490 g/mol. The summed E-state index contributed by atoms with van der Waals surface area (Å²) in [5.41, 5.74) is 2.93. The van der Waals surface area contributed by atoms with Gasteiger partial charge < -0.3 is 19.1 Å². The van der Waals surface area contributed by atoms with E-state index in [4.69, 9.17) is 16.3 Å². The first kappa shape index (κ1) is 23.1. The van der Waals surface area contributed by atoms with E-state index in [1.54, 1.807) is 17.4 Å². The molecule has 35 heavy (non-hydrogen) atoms. The van der Waals surface area contributed by atoms with Crippen LogP contribution in [0.15, 0.2) is 61.2 Å². The molecular formula is C26H27ClN6O2. The topological polar surface area (TPSA) is 76.4 Å². The van der Waals surface area contributed by atoms with E-state index in [2.05, 4.69) is 19.9 Å². The van der Waals surface area contributed by atoms with Crippen molar-refractivity contribution in [2.24, 2.45) is 0 Å². The molecule has 1 fully saturated rings. The van der Waals surface area contributed by atoms with E-state index in [0.717, 1.165) is 33.8 Å². The Kier molecular flexibility index (Phi) is 6.06. The molecule has 1 aromatic carbocycles. The Morgan fingerprint density at radius 1 is 1.00 bits per heavy atom. The summed E-state index contributed by atoms with van der Waals surface area (Å²) in [5, 5.41) is 1.56. The number of benzene rings is 1. The number of ether oxygens (including phenoxy) is 1. The number of anilines is 1. The average molecular weight is 491 g/mol. The molecule has 0 spiro atoms. The Bertz CT molecular complexity index is 1360. The molecule has 0 unspecified atom stereocenters. The van der Waals surface area contributed by atoms with E-state index >= 15 is 0 Å². The number of piperazine rings is 1. The highest BCUT2D eigenvalue weighted by Gasteiger charge is 2.28. The maximum Gasteiger partial charge on any atom is 0.410 e. The maximum atomic E-state index is 12.5. The summed E-state index contributed by atoms with van der Waals surface area (Å²) < 4.78 is 7.57. The van der Waals surface area contributed by atoms with Gasteiger partial charge in [0.25, 0.3) is 0 Å². The molecule has 3 aromatic heterocycles. The number of amides is 1. The van der Waals surface area contributed by atoms with Crippen LogP contribution in [0.1, 0.15) is 20.8 Å². The van der Waals surface area contributed by atoms with Crippen LogP contribution in [0.3, 0.4) is 0 Å². The molecule has 4 aromatic rings. The number of pyridine rings is 1. The smallest absolute Gasteiger partial charge is 0.410 e. The van der Waals surface area contributed by atoms with Crippen molar-refractivity contribution in [2.45, 2.75) is 26.4 Å². The molecule has 1 saturated heterocycles. The first-order valence-corrected chi connectivity index (χ1v) is 11.9. The second-order valence-electron chi connectivity index (χ2n) is 9.46. The molecule has 4 heterocycles. The Hall–Kier alpha value is -3.65. The lowest BCUT2D eigenvalue weighted by Gasteiger charge is -2.36. The van der Waals surface area contributed by atoms with Gasteiger partial charge in [-0.05, 0) is 51.1 Å². The first-order valence-electron chi connectivity index (χ1n) is 11.6. The van der Waals surface area contributed by atoms with E-state index in [1.807, 2.05) is 74.0 Å². The summed E-state index contributed by atoms with van der Waals surface area (Å²) >= 11 is 6.29. The van der Waals surface area contributed by atoms with E-state index in [0.29, 0.717) is 31.2 Å². The number of fused-ring (bicyclic) bond motifs is 1. The minimum absolute atomic E-state index is 0.286. The van der Waals surface area contributed by atoms with Crippen LogP contribution in [0.25, 0.3) is 28.0 Å². The fraction of sp³-hybridized carbons (Fsp3) is 0.308. The van der Waals surface area contributed by atoms with Gasteiger partial charge in [-0.2, -0.15) is 0 Å². The van der Waals surface area contributed by atoms with E-state index in [9.17, 15) is 4.79 Å². The van der Waals surface area contributed by atoms with Crippen LogP contribution in [0.5, 0.6) is 0 Å². The number of nitrogens with zero attached hydrogens (tertiary/aromatic N) is 6. The fourth-order valence-electron chi connectivity index (χ4n) is 4.25. The standard InChI is InChI=1S/C26H27ClN6O2/c1-26(2,3)35-25(34)32-13-11-31(12-14-32)23-22-20(21-9-4-5-10-28-21)16-33(24(22)30-17-29-23)19-8-6-7-18(27)15-19/h4-10,15-17H,11-14H2,1-3H3. The number of hydrogen-bond acceptors (Lipinski definition) is 6. The minimum Gasteiger partial charge on any atom is -0.444 e. The van der Waals surface area contributed by atoms with Crippen molar-refractivity contribution in [2.75, 3.05) is 31.1 Å². The third-order valence-electron chi connectivity index (χ3n) is 5.82. The van der Waals surface area contributed by atoms with Gasteiger partial charge in [-0.25, -0.2) is 14.8 Å². The van der Waals surface area contributed by atoms with Crippen molar-refractivity contribution in [3.63, 3.8) is 0 Å². The van der Waals surface area contributed by atoms with Crippen molar-refractivity contribution in [1.82, 2.24) is 24.4 Å². The van der Waals surface area contributed by atoms with Crippen LogP contribution in [0, 0.1) is 0 Å². The Morgan fingerprint density at radius 2 is 1.80 bits per heavy atom. The molecule has 0 radical (unpaired) electrons. The lowest BCUT2D eigenvalue weighted by molar-refractivity contribution is 0.0240. The predicted octanol–water partition coefficient (Wildman–Crippen LogP) is 5.19.